The number of nitrogens with zero attached hydrogens (tertiary/aromatic N) is 1. The maximum atomic E-state index is 13.3. The summed E-state index contributed by atoms with van der Waals surface area (Å²) >= 11 is 0. The molecule has 17 nitrogen and oxygen atoms in total. The first kappa shape index (κ1) is 111. The van der Waals surface area contributed by atoms with E-state index in [9.17, 15) is 57.4 Å². The Morgan fingerprint density at radius 2 is 0.669 bits per heavy atom. The number of hydrogen-bond acceptors (Lipinski definition) is 17. The molecule has 0 amide bonds. The summed E-state index contributed by atoms with van der Waals surface area (Å²) < 4.78 is 49.4. The van der Waals surface area contributed by atoms with Gasteiger partial charge in [-0.3, -0.25) is 14.4 Å². The molecule has 18 aromatic carbocycles. The first-order valence-corrected chi connectivity index (χ1v) is 48.2. The number of esters is 5. The first-order valence-electron chi connectivity index (χ1n) is 48.2. The van der Waals surface area contributed by atoms with Crippen molar-refractivity contribution in [3.05, 3.63) is 438 Å². The lowest BCUT2D eigenvalue weighted by Crippen LogP contribution is -2.30. The summed E-state index contributed by atoms with van der Waals surface area (Å²) in [5.74, 6) is -7.16. The van der Waals surface area contributed by atoms with E-state index in [1.165, 1.54) is 112 Å². The Kier molecular flexibility index (Phi) is 45.8. The van der Waals surface area contributed by atoms with Crippen molar-refractivity contribution in [1.82, 2.24) is 0 Å². The van der Waals surface area contributed by atoms with Crippen molar-refractivity contribution >= 4 is 151 Å². The minimum absolute atomic E-state index is 0.124. The van der Waals surface area contributed by atoms with E-state index in [0.29, 0.717) is 51.7 Å². The van der Waals surface area contributed by atoms with Crippen LogP contribution in [0.1, 0.15) is 114 Å². The maximum absolute atomic E-state index is 13.3. The summed E-state index contributed by atoms with van der Waals surface area (Å²) in [6.07, 6.45) is 10.2. The third-order valence-corrected chi connectivity index (χ3v) is 23.5. The van der Waals surface area contributed by atoms with Crippen molar-refractivity contribution in [3.63, 3.8) is 0 Å². The summed E-state index contributed by atoms with van der Waals surface area (Å²) in [7, 11) is 3.46. The zero-order chi connectivity index (χ0) is 103. The predicted molar refractivity (Wildman–Crippen MR) is 578 cm³/mol. The molecule has 0 heterocycles. The number of halogens is 2. The van der Waals surface area contributed by atoms with Crippen LogP contribution in [0.4, 0.5) is 8.78 Å². The molecule has 145 heavy (non-hydrogen) atoms. The van der Waals surface area contributed by atoms with Gasteiger partial charge in [0.25, 0.3) is 0 Å². The molecule has 0 spiro atoms. The van der Waals surface area contributed by atoms with Crippen LogP contribution in [-0.2, 0) is 102 Å². The number of aldehydes is 2. The Bertz CT molecular complexity index is 7370. The van der Waals surface area contributed by atoms with Gasteiger partial charge in [-0.25, -0.2) is 19.2 Å². The van der Waals surface area contributed by atoms with Gasteiger partial charge >= 0.3 is 35.8 Å². The average molecular weight is 1940 g/mol. The number of ether oxygens (including phenoxy) is 5. The zero-order valence-corrected chi connectivity index (χ0v) is 82.2. The highest BCUT2D eigenvalue weighted by Crippen LogP contribution is 2.28. The van der Waals surface area contributed by atoms with E-state index in [0.717, 1.165) is 107 Å². The number of aryl methyl sites for hydroxylation is 7. The second-order valence-corrected chi connectivity index (χ2v) is 33.9. The van der Waals surface area contributed by atoms with Gasteiger partial charge in [0.1, 0.15) is 18.7 Å². The van der Waals surface area contributed by atoms with Crippen molar-refractivity contribution in [2.45, 2.75) is 122 Å². The number of carbonyl (C=O) groups excluding carboxylic acids is 8. The molecule has 2 unspecified atom stereocenters. The molecule has 0 radical (unpaired) electrons. The highest BCUT2D eigenvalue weighted by Gasteiger charge is 2.39. The molecule has 740 valence electrons. The molecule has 0 aliphatic carbocycles. The minimum atomic E-state index is -3.43. The predicted octanol–water partition coefficient (Wildman–Crippen LogP) is 26.2. The number of rotatable bonds is 29. The van der Waals surface area contributed by atoms with Crippen LogP contribution in [0.3, 0.4) is 0 Å². The number of methoxy groups -OCH3 is 3. The molecule has 0 saturated carbocycles. The van der Waals surface area contributed by atoms with E-state index in [-0.39, 0.29) is 31.4 Å². The largest absolute Gasteiger partial charge is 0.467 e. The molecule has 0 aromatic heterocycles. The van der Waals surface area contributed by atoms with Crippen molar-refractivity contribution in [3.8, 4) is 6.07 Å². The highest BCUT2D eigenvalue weighted by molar-refractivity contribution is 6.33. The molecule has 0 aliphatic heterocycles. The van der Waals surface area contributed by atoms with Crippen molar-refractivity contribution in [2.24, 2.45) is 0 Å². The Balaban J connectivity index is 0.000000168. The van der Waals surface area contributed by atoms with E-state index >= 15 is 0 Å². The second-order valence-electron chi connectivity index (χ2n) is 33.9. The van der Waals surface area contributed by atoms with Gasteiger partial charge in [-0.05, 0) is 238 Å². The van der Waals surface area contributed by atoms with Crippen molar-refractivity contribution in [2.75, 3.05) is 41.2 Å². The van der Waals surface area contributed by atoms with Crippen LogP contribution in [0, 0.1) is 11.3 Å². The van der Waals surface area contributed by atoms with Crippen LogP contribution in [-0.4, -0.2) is 123 Å². The lowest BCUT2D eigenvalue weighted by atomic mass is 10.0. The topological polar surface area (TPSA) is 267 Å². The Morgan fingerprint density at radius 1 is 0.359 bits per heavy atom. The van der Waals surface area contributed by atoms with Gasteiger partial charge in [0.2, 0.25) is 5.78 Å². The molecule has 0 aliphatic rings. The molecular weight excluding hydrogens is 1820 g/mol. The number of benzene rings is 18. The highest BCUT2D eigenvalue weighted by atomic mass is 19.3. The number of Topliss-reactive ketones (excluding diaryl/α,β-unsaturated/α-hetero) is 1. The molecule has 0 saturated heterocycles. The van der Waals surface area contributed by atoms with E-state index in [1.54, 1.807) is 19.1 Å². The lowest BCUT2D eigenvalue weighted by molar-refractivity contribution is -0.169. The fourth-order valence-corrected chi connectivity index (χ4v) is 15.6. The van der Waals surface area contributed by atoms with Gasteiger partial charge in [-0.15, -0.1) is 0 Å². The SMILES string of the molecule is CCOC(=O)/C=C/c1ccc2ccccc2c1.CCOC(=O)CCc1ccc2ccccc2c1.COC(=O)C(=O)CCc1ccc2ccccc2c1.COC(=O)C(F)(F)CCc1ccc2ccccc2c1.COC(=O)C(O)CCc1ccc2ccccc2c1.N#CC(O)CCc1ccc2ccccc2c1.O=CCCc1ccc2ccccc2c1.O=Cc1ccc2ccccc2c1.OCCCc1ccc2ccccc2c1. The quantitative estimate of drug-likeness (QED) is 0.00982. The summed E-state index contributed by atoms with van der Waals surface area (Å²) in [5.41, 5.74) is 9.54. The summed E-state index contributed by atoms with van der Waals surface area (Å²) in [6.45, 7) is 4.75. The van der Waals surface area contributed by atoms with Crippen LogP contribution in [0.25, 0.3) is 103 Å². The molecule has 0 fully saturated rings. The van der Waals surface area contributed by atoms with E-state index in [2.05, 4.69) is 178 Å². The number of alkyl halides is 2. The zero-order valence-electron chi connectivity index (χ0n) is 82.2. The third kappa shape index (κ3) is 37.2. The van der Waals surface area contributed by atoms with E-state index in [4.69, 9.17) is 19.8 Å². The number of nitriles is 1. The number of ketones is 1. The van der Waals surface area contributed by atoms with Crippen molar-refractivity contribution in [1.29, 1.82) is 5.26 Å². The summed E-state index contributed by atoms with van der Waals surface area (Å²) in [4.78, 5) is 87.4. The van der Waals surface area contributed by atoms with Crippen LogP contribution in [0.5, 0.6) is 0 Å². The van der Waals surface area contributed by atoms with Crippen LogP contribution in [0.15, 0.2) is 388 Å². The van der Waals surface area contributed by atoms with Crippen molar-refractivity contribution < 1.29 is 86.1 Å². The second kappa shape index (κ2) is 60.0. The van der Waals surface area contributed by atoms with E-state index < -0.39 is 48.2 Å². The number of hydrogen-bond donors (Lipinski definition) is 3. The monoisotopic (exact) mass is 1940 g/mol. The first-order chi connectivity index (χ1) is 70.5. The average Bonchev–Trinajstić information content (AvgIpc) is 0.837. The summed E-state index contributed by atoms with van der Waals surface area (Å²) in [6, 6.07) is 130. The Hall–Kier alpha value is -16.4. The normalized spacial score (nSPS) is 11.0. The lowest BCUT2D eigenvalue weighted by Gasteiger charge is -2.13. The Labute approximate surface area is 844 Å². The van der Waals surface area contributed by atoms with Gasteiger partial charge < -0.3 is 43.8 Å². The third-order valence-electron chi connectivity index (χ3n) is 23.5. The molecule has 0 bridgehead atoms. The fraction of sp³-hybridized carbons (Fsp3) is 0.198. The van der Waals surface area contributed by atoms with Gasteiger partial charge in [0.05, 0.1) is 40.6 Å². The molecule has 2 atom stereocenters. The smallest absolute Gasteiger partial charge is 0.376 e. The fourth-order valence-electron chi connectivity index (χ4n) is 15.6. The standard InChI is InChI=1S/C15H14F2O2.C15H16O3.C15H14O3.C15H16O2.C15H14O2.C14H13NO.C13H14O.C13H12O.C11H8O/c1-19-14(18)15(16,17)9-8-11-6-7-12-4-2-3-5-13(12)10-11;2*1-18-15(17)14(16)9-7-11-6-8-12-4-2-3-5-13(12)10-11;2*1-2-17-15(16)10-8-12-7-9-13-5-3-4-6-14(13)11-12;15-10-14(16)8-6-11-5-7-12-3-1-2-4-13(12)9-11;2*14-9-3-4-11-7-8-12-5-1-2-6-13(12)10-11;12-8-9-5-6-10-3-1-2-4-11(10)7-9/h2-7,10H,8-9H2,1H3;2-6,8,10,14,16H,7,9H2,1H3;2-6,8,10H,7,9H2,1H3;3-7,9,11H,2,8,10H2,1H3;3-11H,2H2,1H3;1-5,7,9,14,16H,6,8H2;1-2,5-8,10,14H,3-4,9H2;1-2,5-10H,3-4H2;1-8H/b;;;;10-8+;;;;. The molecule has 19 heteroatoms. The molecular formula is C126H121F2NO16. The Morgan fingerprint density at radius 3 is 1.00 bits per heavy atom. The number of aliphatic hydroxyl groups excluding tert-OH is 3. The molecule has 18 rings (SSSR count). The number of carbonyl (C=O) groups is 8. The molecule has 3 N–H and O–H groups in total. The summed E-state index contributed by atoms with van der Waals surface area (Å²) in [5, 5.41) is 57.2. The van der Waals surface area contributed by atoms with Crippen LogP contribution < -0.4 is 0 Å². The molecule has 18 aromatic rings. The minimum Gasteiger partial charge on any atom is -0.467 e. The van der Waals surface area contributed by atoms with Gasteiger partial charge in [0.15, 0.2) is 6.10 Å². The maximum Gasteiger partial charge on any atom is 0.376 e. The van der Waals surface area contributed by atoms with Crippen LogP contribution in [0.2, 0.25) is 0 Å². The number of aliphatic hydroxyl groups is 3. The van der Waals surface area contributed by atoms with Crippen LogP contribution >= 0.6 is 0 Å². The van der Waals surface area contributed by atoms with Gasteiger partial charge in [-0.1, -0.05) is 370 Å². The van der Waals surface area contributed by atoms with Gasteiger partial charge in [-0.2, -0.15) is 14.0 Å². The van der Waals surface area contributed by atoms with E-state index in [1.807, 2.05) is 225 Å². The van der Waals surface area contributed by atoms with Gasteiger partial charge in [0, 0.05) is 43.9 Å². The number of fused-ring (bicyclic) bond motifs is 9.